The Hall–Kier alpha value is -3.58. The second kappa shape index (κ2) is 12.2. The molecule has 3 heterocycles. The highest BCUT2D eigenvalue weighted by atomic mass is 19.3. The summed E-state index contributed by atoms with van der Waals surface area (Å²) in [6.07, 6.45) is 8.52. The second-order valence-corrected chi connectivity index (χ2v) is 12.1. The van der Waals surface area contributed by atoms with E-state index in [4.69, 9.17) is 4.74 Å². The normalized spacial score (nSPS) is 21.7. The number of carbonyl (C=O) groups is 2. The molecule has 13 heteroatoms. The van der Waals surface area contributed by atoms with Crippen molar-refractivity contribution < 1.29 is 23.1 Å². The molecule has 6 rings (SSSR count). The number of hydrogen-bond acceptors (Lipinski definition) is 9. The summed E-state index contributed by atoms with van der Waals surface area (Å²) in [5.41, 5.74) is 4.20. The second-order valence-electron chi connectivity index (χ2n) is 12.1. The van der Waals surface area contributed by atoms with Crippen LogP contribution in [0.1, 0.15) is 55.3 Å². The average molecular weight is 599 g/mol. The Bertz CT molecular complexity index is 1340. The first-order valence-corrected chi connectivity index (χ1v) is 15.2. The Morgan fingerprint density at radius 2 is 1.84 bits per heavy atom. The van der Waals surface area contributed by atoms with Crippen LogP contribution in [-0.4, -0.2) is 97.1 Å². The molecule has 232 valence electrons. The van der Waals surface area contributed by atoms with Crippen molar-refractivity contribution in [3.05, 3.63) is 30.0 Å². The molecule has 2 amide bonds. The monoisotopic (exact) mass is 598 g/mol. The highest BCUT2D eigenvalue weighted by molar-refractivity contribution is 6.02. The molecule has 43 heavy (non-hydrogen) atoms. The lowest BCUT2D eigenvalue weighted by Gasteiger charge is -2.35. The van der Waals surface area contributed by atoms with Crippen LogP contribution in [0.15, 0.2) is 24.4 Å². The third kappa shape index (κ3) is 6.52. The van der Waals surface area contributed by atoms with E-state index in [9.17, 15) is 18.4 Å². The van der Waals surface area contributed by atoms with Gasteiger partial charge in [-0.3, -0.25) is 15.0 Å². The minimum atomic E-state index is -3.55. The number of carbonyl (C=O) groups excluding carboxylic acids is 2. The van der Waals surface area contributed by atoms with Gasteiger partial charge in [0, 0.05) is 51.4 Å². The van der Waals surface area contributed by atoms with Crippen molar-refractivity contribution in [2.75, 3.05) is 68.5 Å². The highest BCUT2D eigenvalue weighted by Crippen LogP contribution is 2.39. The lowest BCUT2D eigenvalue weighted by molar-refractivity contribution is -0.140. The number of hydrazine groups is 1. The number of alkyl halides is 2. The molecule has 2 N–H and O–H groups in total. The SMILES string of the molecule is COc1cc(C(=O)NN2CCN(CC3CC3)CC2)ccc1Nc1ncc2c(n1)N(C1CCCCC1)CC(F)(F)C(=O)N2C. The van der Waals surface area contributed by atoms with Crippen molar-refractivity contribution in [1.29, 1.82) is 0 Å². The van der Waals surface area contributed by atoms with Crippen LogP contribution in [0.5, 0.6) is 5.75 Å². The third-order valence-corrected chi connectivity index (χ3v) is 8.94. The Morgan fingerprint density at radius 3 is 2.53 bits per heavy atom. The van der Waals surface area contributed by atoms with Gasteiger partial charge in [0.15, 0.2) is 5.82 Å². The summed E-state index contributed by atoms with van der Waals surface area (Å²) in [4.78, 5) is 39.6. The number of benzene rings is 1. The summed E-state index contributed by atoms with van der Waals surface area (Å²) >= 11 is 0. The van der Waals surface area contributed by atoms with Crippen LogP contribution in [0.2, 0.25) is 0 Å². The number of fused-ring (bicyclic) bond motifs is 1. The topological polar surface area (TPSA) is 106 Å². The number of halogens is 2. The van der Waals surface area contributed by atoms with Crippen molar-refractivity contribution in [1.82, 2.24) is 25.3 Å². The molecule has 2 aliphatic carbocycles. The van der Waals surface area contributed by atoms with Gasteiger partial charge in [0.1, 0.15) is 11.4 Å². The van der Waals surface area contributed by atoms with E-state index in [1.807, 2.05) is 5.01 Å². The maximum Gasteiger partial charge on any atom is 0.342 e. The van der Waals surface area contributed by atoms with Gasteiger partial charge in [-0.2, -0.15) is 13.8 Å². The molecule has 1 aromatic carbocycles. The van der Waals surface area contributed by atoms with Crippen molar-refractivity contribution in [3.63, 3.8) is 0 Å². The number of methoxy groups -OCH3 is 1. The summed E-state index contributed by atoms with van der Waals surface area (Å²) in [5, 5.41) is 5.08. The first-order valence-electron chi connectivity index (χ1n) is 15.2. The summed E-state index contributed by atoms with van der Waals surface area (Å²) in [7, 11) is 2.84. The van der Waals surface area contributed by atoms with Crippen LogP contribution in [0.3, 0.4) is 0 Å². The van der Waals surface area contributed by atoms with Crippen LogP contribution in [-0.2, 0) is 4.79 Å². The summed E-state index contributed by atoms with van der Waals surface area (Å²) in [6.45, 7) is 3.84. The Kier molecular flexibility index (Phi) is 8.36. The number of piperazine rings is 1. The molecule has 2 aliphatic heterocycles. The molecular formula is C30H40F2N8O3. The van der Waals surface area contributed by atoms with E-state index in [0.717, 1.165) is 75.6 Å². The van der Waals surface area contributed by atoms with Crippen molar-refractivity contribution in [3.8, 4) is 5.75 Å². The zero-order valence-corrected chi connectivity index (χ0v) is 24.8. The summed E-state index contributed by atoms with van der Waals surface area (Å²) in [6, 6.07) is 4.90. The maximum atomic E-state index is 15.0. The van der Waals surface area contributed by atoms with Gasteiger partial charge in [-0.05, 0) is 49.8 Å². The standard InChI is InChI=1S/C30H40F2N8O3/c1-37-24-17-33-29(35-26(24)40(19-30(31,32)28(37)42)22-6-4-3-5-7-22)34-23-11-10-21(16-25(23)43-2)27(41)36-39-14-12-38(13-15-39)18-20-8-9-20/h10-11,16-17,20,22H,3-9,12-15,18-19H2,1-2H3,(H,36,41)(H,33,34,35). The Balaban J connectivity index is 1.18. The number of hydrogen-bond donors (Lipinski definition) is 2. The largest absolute Gasteiger partial charge is 0.495 e. The first-order chi connectivity index (χ1) is 20.7. The average Bonchev–Trinajstić information content (AvgIpc) is 3.85. The number of anilines is 4. The molecule has 11 nitrogen and oxygen atoms in total. The fraction of sp³-hybridized carbons (Fsp3) is 0.600. The van der Waals surface area contributed by atoms with E-state index in [1.165, 1.54) is 33.2 Å². The molecule has 1 aromatic heterocycles. The number of aromatic nitrogens is 2. The molecule has 2 saturated carbocycles. The van der Waals surface area contributed by atoms with E-state index in [-0.39, 0.29) is 23.6 Å². The van der Waals surface area contributed by atoms with E-state index < -0.39 is 18.4 Å². The van der Waals surface area contributed by atoms with Gasteiger partial charge in [-0.1, -0.05) is 19.3 Å². The molecule has 0 unspecified atom stereocenters. The molecule has 0 radical (unpaired) electrons. The predicted molar refractivity (Wildman–Crippen MR) is 159 cm³/mol. The number of rotatable bonds is 8. The minimum Gasteiger partial charge on any atom is -0.495 e. The fourth-order valence-electron chi connectivity index (χ4n) is 6.25. The van der Waals surface area contributed by atoms with Crippen molar-refractivity contribution in [2.24, 2.45) is 5.92 Å². The molecule has 0 bridgehead atoms. The van der Waals surface area contributed by atoms with Crippen LogP contribution in [0, 0.1) is 5.92 Å². The summed E-state index contributed by atoms with van der Waals surface area (Å²) in [5.74, 6) is -3.32. The minimum absolute atomic E-state index is 0.145. The van der Waals surface area contributed by atoms with E-state index in [1.54, 1.807) is 23.1 Å². The van der Waals surface area contributed by atoms with Gasteiger partial charge in [0.2, 0.25) is 5.95 Å². The lowest BCUT2D eigenvalue weighted by Crippen LogP contribution is -2.53. The zero-order valence-electron chi connectivity index (χ0n) is 24.8. The number of ether oxygens (including phenoxy) is 1. The molecule has 0 spiro atoms. The van der Waals surface area contributed by atoms with Crippen molar-refractivity contribution in [2.45, 2.75) is 56.9 Å². The fourth-order valence-corrected chi connectivity index (χ4v) is 6.25. The molecule has 1 saturated heterocycles. The van der Waals surface area contributed by atoms with Crippen LogP contribution in [0.25, 0.3) is 0 Å². The Labute approximate surface area is 250 Å². The van der Waals surface area contributed by atoms with Crippen molar-refractivity contribution >= 4 is 35.0 Å². The maximum absolute atomic E-state index is 15.0. The van der Waals surface area contributed by atoms with Gasteiger partial charge in [0.05, 0.1) is 25.5 Å². The Morgan fingerprint density at radius 1 is 1.09 bits per heavy atom. The number of amides is 2. The molecular weight excluding hydrogens is 558 g/mol. The number of nitrogens with zero attached hydrogens (tertiary/aromatic N) is 6. The van der Waals surface area contributed by atoms with E-state index in [0.29, 0.717) is 22.8 Å². The third-order valence-electron chi connectivity index (χ3n) is 8.94. The van der Waals surface area contributed by atoms with Gasteiger partial charge in [-0.25, -0.2) is 9.99 Å². The molecule has 3 fully saturated rings. The lowest BCUT2D eigenvalue weighted by atomic mass is 9.94. The zero-order chi connectivity index (χ0) is 30.1. The van der Waals surface area contributed by atoms with Gasteiger partial charge >= 0.3 is 5.92 Å². The highest BCUT2D eigenvalue weighted by Gasteiger charge is 2.48. The number of nitrogens with one attached hydrogen (secondary N) is 2. The van der Waals surface area contributed by atoms with Crippen LogP contribution >= 0.6 is 0 Å². The predicted octanol–water partition coefficient (Wildman–Crippen LogP) is 3.65. The molecule has 4 aliphatic rings. The van der Waals surface area contributed by atoms with E-state index in [2.05, 4.69) is 25.6 Å². The van der Waals surface area contributed by atoms with Gasteiger partial charge < -0.3 is 24.8 Å². The van der Waals surface area contributed by atoms with Gasteiger partial charge in [0.25, 0.3) is 11.8 Å². The quantitative estimate of drug-likeness (QED) is 0.471. The smallest absolute Gasteiger partial charge is 0.342 e. The first kappa shape index (κ1) is 29.5. The summed E-state index contributed by atoms with van der Waals surface area (Å²) < 4.78 is 35.6. The van der Waals surface area contributed by atoms with Crippen LogP contribution < -0.4 is 25.3 Å². The molecule has 0 atom stereocenters. The molecule has 2 aromatic rings. The van der Waals surface area contributed by atoms with Crippen LogP contribution in [0.4, 0.5) is 31.9 Å². The van der Waals surface area contributed by atoms with E-state index >= 15 is 0 Å². The van der Waals surface area contributed by atoms with Gasteiger partial charge in [-0.15, -0.1) is 0 Å².